The fraction of sp³-hybridized carbons (Fsp3) is 0.562. The number of β-lactam (4-membered cyclic amide) rings is 1. The first-order valence-corrected chi connectivity index (χ1v) is 7.68. The molecule has 3 aliphatic rings. The van der Waals surface area contributed by atoms with Crippen LogP contribution in [0.1, 0.15) is 31.2 Å². The molecule has 0 N–H and O–H groups in total. The highest BCUT2D eigenvalue weighted by Gasteiger charge is 2.50. The largest absolute Gasteiger partial charge is 0.351 e. The summed E-state index contributed by atoms with van der Waals surface area (Å²) in [4.78, 5) is 15.9. The maximum absolute atomic E-state index is 14.1. The van der Waals surface area contributed by atoms with Crippen LogP contribution in [-0.2, 0) is 11.2 Å². The Labute approximate surface area is 122 Å². The van der Waals surface area contributed by atoms with E-state index in [9.17, 15) is 13.6 Å². The molecule has 112 valence electrons. The van der Waals surface area contributed by atoms with Gasteiger partial charge in [0.1, 0.15) is 11.6 Å². The van der Waals surface area contributed by atoms with Gasteiger partial charge < -0.3 is 9.80 Å². The van der Waals surface area contributed by atoms with Crippen molar-refractivity contribution in [3.05, 3.63) is 29.3 Å². The zero-order valence-electron chi connectivity index (χ0n) is 11.8. The van der Waals surface area contributed by atoms with Gasteiger partial charge in [0.25, 0.3) is 0 Å². The van der Waals surface area contributed by atoms with Crippen molar-refractivity contribution >= 4 is 11.6 Å². The first kappa shape index (κ1) is 13.0. The van der Waals surface area contributed by atoms with Crippen LogP contribution in [0.15, 0.2) is 12.1 Å². The summed E-state index contributed by atoms with van der Waals surface area (Å²) in [7, 11) is 0. The number of hydrogen-bond acceptors (Lipinski definition) is 2. The summed E-state index contributed by atoms with van der Waals surface area (Å²) in [5.41, 5.74) is 1.20. The zero-order chi connectivity index (χ0) is 14.6. The normalized spacial score (nSPS) is 27.4. The maximum Gasteiger partial charge on any atom is 0.229 e. The van der Waals surface area contributed by atoms with Gasteiger partial charge in [0.15, 0.2) is 0 Å². The van der Waals surface area contributed by atoms with E-state index < -0.39 is 11.6 Å². The lowest BCUT2D eigenvalue weighted by atomic mass is 9.91. The quantitative estimate of drug-likeness (QED) is 0.783. The van der Waals surface area contributed by atoms with Crippen molar-refractivity contribution in [1.29, 1.82) is 0 Å². The number of carbonyl (C=O) groups is 1. The second kappa shape index (κ2) is 4.68. The third-order valence-corrected chi connectivity index (χ3v) is 5.10. The van der Waals surface area contributed by atoms with Crippen molar-refractivity contribution in [2.45, 2.75) is 38.1 Å². The molecule has 4 rings (SSSR count). The Morgan fingerprint density at radius 2 is 2.05 bits per heavy atom. The Bertz CT molecular complexity index is 604. The minimum absolute atomic E-state index is 0.201. The van der Waals surface area contributed by atoms with Gasteiger partial charge in [-0.05, 0) is 37.3 Å². The van der Waals surface area contributed by atoms with Gasteiger partial charge in [-0.1, -0.05) is 6.42 Å². The molecule has 5 heteroatoms. The van der Waals surface area contributed by atoms with Crippen LogP contribution in [-0.4, -0.2) is 30.1 Å². The van der Waals surface area contributed by atoms with E-state index in [-0.39, 0.29) is 11.8 Å². The summed E-state index contributed by atoms with van der Waals surface area (Å²) in [6.45, 7) is 1.16. The van der Waals surface area contributed by atoms with E-state index in [4.69, 9.17) is 0 Å². The molecule has 0 spiro atoms. The molecular weight excluding hydrogens is 274 g/mol. The molecule has 1 amide bonds. The molecule has 21 heavy (non-hydrogen) atoms. The van der Waals surface area contributed by atoms with Crippen molar-refractivity contribution in [3.8, 4) is 0 Å². The van der Waals surface area contributed by atoms with Crippen LogP contribution in [0.25, 0.3) is 0 Å². The van der Waals surface area contributed by atoms with Crippen LogP contribution in [0.4, 0.5) is 14.5 Å². The van der Waals surface area contributed by atoms with E-state index in [1.807, 2.05) is 9.80 Å². The van der Waals surface area contributed by atoms with Gasteiger partial charge in [-0.2, -0.15) is 0 Å². The summed E-state index contributed by atoms with van der Waals surface area (Å²) in [6, 6.07) is 2.69. The topological polar surface area (TPSA) is 23.6 Å². The van der Waals surface area contributed by atoms with Crippen LogP contribution >= 0.6 is 0 Å². The second-order valence-electron chi connectivity index (χ2n) is 6.32. The second-order valence-corrected chi connectivity index (χ2v) is 6.32. The highest BCUT2D eigenvalue weighted by Crippen LogP contribution is 2.41. The van der Waals surface area contributed by atoms with Gasteiger partial charge in [-0.3, -0.25) is 4.79 Å². The summed E-state index contributed by atoms with van der Waals surface area (Å²) in [6.07, 6.45) is 4.72. The Morgan fingerprint density at radius 3 is 2.90 bits per heavy atom. The number of anilines is 1. The van der Waals surface area contributed by atoms with Crippen molar-refractivity contribution < 1.29 is 13.6 Å². The summed E-state index contributed by atoms with van der Waals surface area (Å²) >= 11 is 0. The molecule has 2 fully saturated rings. The van der Waals surface area contributed by atoms with Crippen molar-refractivity contribution in [3.63, 3.8) is 0 Å². The van der Waals surface area contributed by atoms with Crippen molar-refractivity contribution in [2.75, 3.05) is 18.1 Å². The summed E-state index contributed by atoms with van der Waals surface area (Å²) in [5.74, 6) is -0.635. The first-order valence-electron chi connectivity index (χ1n) is 7.68. The number of benzene rings is 1. The molecule has 0 unspecified atom stereocenters. The SMILES string of the molecule is O=C1[C@@H]2CCC[C@H]2N1CN1CCCc2cc(F)cc(F)c21. The van der Waals surface area contributed by atoms with Crippen LogP contribution < -0.4 is 4.90 Å². The van der Waals surface area contributed by atoms with Gasteiger partial charge in [0, 0.05) is 18.7 Å². The monoisotopic (exact) mass is 292 g/mol. The van der Waals surface area contributed by atoms with Crippen molar-refractivity contribution in [2.24, 2.45) is 5.92 Å². The lowest BCUT2D eigenvalue weighted by molar-refractivity contribution is -0.153. The van der Waals surface area contributed by atoms with E-state index in [1.54, 1.807) is 0 Å². The molecule has 2 aliphatic heterocycles. The molecule has 1 saturated carbocycles. The van der Waals surface area contributed by atoms with Gasteiger partial charge in [0.2, 0.25) is 5.91 Å². The number of carbonyl (C=O) groups excluding carboxylic acids is 1. The number of likely N-dealkylation sites (tertiary alicyclic amines) is 1. The predicted octanol–water partition coefficient (Wildman–Crippen LogP) is 2.69. The number of halogens is 2. The Morgan fingerprint density at radius 1 is 1.19 bits per heavy atom. The lowest BCUT2D eigenvalue weighted by Gasteiger charge is -2.47. The minimum Gasteiger partial charge on any atom is -0.351 e. The molecule has 2 heterocycles. The highest BCUT2D eigenvalue weighted by molar-refractivity contribution is 5.86. The molecule has 1 aromatic carbocycles. The highest BCUT2D eigenvalue weighted by atomic mass is 19.1. The van der Waals surface area contributed by atoms with Crippen LogP contribution in [0.3, 0.4) is 0 Å². The molecule has 1 aliphatic carbocycles. The number of fused-ring (bicyclic) bond motifs is 2. The number of amides is 1. The third kappa shape index (κ3) is 1.93. The van der Waals surface area contributed by atoms with Gasteiger partial charge in [0.05, 0.1) is 18.3 Å². The van der Waals surface area contributed by atoms with Crippen molar-refractivity contribution in [1.82, 2.24) is 4.90 Å². The van der Waals surface area contributed by atoms with Crippen LogP contribution in [0.2, 0.25) is 0 Å². The number of rotatable bonds is 2. The van der Waals surface area contributed by atoms with Gasteiger partial charge >= 0.3 is 0 Å². The standard InChI is InChI=1S/C16H18F2N2O/c17-11-7-10-3-2-6-19(15(10)13(18)8-11)9-20-14-5-1-4-12(14)16(20)21/h7-8,12,14H,1-6,9H2/t12-,14-/m1/s1. The summed E-state index contributed by atoms with van der Waals surface area (Å²) < 4.78 is 27.5. The van der Waals surface area contributed by atoms with E-state index in [2.05, 4.69) is 0 Å². The maximum atomic E-state index is 14.1. The molecule has 3 nitrogen and oxygen atoms in total. The molecule has 1 aromatic rings. The van der Waals surface area contributed by atoms with Gasteiger partial charge in [-0.15, -0.1) is 0 Å². The summed E-state index contributed by atoms with van der Waals surface area (Å²) in [5, 5.41) is 0. The van der Waals surface area contributed by atoms with E-state index in [0.717, 1.165) is 43.9 Å². The van der Waals surface area contributed by atoms with Crippen LogP contribution in [0, 0.1) is 17.6 Å². The Hall–Kier alpha value is -1.65. The molecule has 0 radical (unpaired) electrons. The van der Waals surface area contributed by atoms with E-state index >= 15 is 0 Å². The molecular formula is C16H18F2N2O. The van der Waals surface area contributed by atoms with E-state index in [0.29, 0.717) is 24.8 Å². The zero-order valence-corrected chi connectivity index (χ0v) is 11.8. The van der Waals surface area contributed by atoms with Crippen LogP contribution in [0.5, 0.6) is 0 Å². The smallest absolute Gasteiger partial charge is 0.229 e. The number of aryl methyl sites for hydroxylation is 1. The molecule has 0 bridgehead atoms. The fourth-order valence-electron chi connectivity index (χ4n) is 4.13. The van der Waals surface area contributed by atoms with E-state index in [1.165, 1.54) is 6.07 Å². The molecule has 0 aromatic heterocycles. The number of nitrogens with zero attached hydrogens (tertiary/aromatic N) is 2. The van der Waals surface area contributed by atoms with Gasteiger partial charge in [-0.25, -0.2) is 8.78 Å². The first-order chi connectivity index (χ1) is 10.1. The average Bonchev–Trinajstić information content (AvgIpc) is 2.88. The third-order valence-electron chi connectivity index (χ3n) is 5.10. The molecule has 2 atom stereocenters. The Balaban J connectivity index is 1.59. The molecule has 1 saturated heterocycles. The minimum atomic E-state index is -0.524. The predicted molar refractivity (Wildman–Crippen MR) is 74.9 cm³/mol. The fourth-order valence-corrected chi connectivity index (χ4v) is 4.13. The number of hydrogen-bond donors (Lipinski definition) is 0. The Kier molecular flexibility index (Phi) is 2.91. The average molecular weight is 292 g/mol. The lowest BCUT2D eigenvalue weighted by Crippen LogP contribution is -2.61.